The van der Waals surface area contributed by atoms with Gasteiger partial charge < -0.3 is 14.8 Å². The molecule has 1 aromatic heterocycles. The minimum atomic E-state index is -0.917. The number of halogens is 2. The summed E-state index contributed by atoms with van der Waals surface area (Å²) in [7, 11) is 0. The lowest BCUT2D eigenvalue weighted by atomic mass is 10.1. The quantitative estimate of drug-likeness (QED) is 0.586. The van der Waals surface area contributed by atoms with Crippen molar-refractivity contribution in [1.82, 2.24) is 15.5 Å². The van der Waals surface area contributed by atoms with Crippen molar-refractivity contribution in [3.05, 3.63) is 71.8 Å². The summed E-state index contributed by atoms with van der Waals surface area (Å²) >= 11 is 0. The Kier molecular flexibility index (Phi) is 6.67. The molecule has 0 aliphatic carbocycles. The molecular weight excluding hydrogens is 380 g/mol. The fourth-order valence-corrected chi connectivity index (χ4v) is 2.56. The van der Waals surface area contributed by atoms with E-state index >= 15 is 0 Å². The topological polar surface area (TPSA) is 73.3 Å². The molecule has 0 atom stereocenters. The lowest BCUT2D eigenvalue weighted by molar-refractivity contribution is 0.0938. The molecular formula is C21H19F2N3O3. The predicted molar refractivity (Wildman–Crippen MR) is 103 cm³/mol. The first-order valence-corrected chi connectivity index (χ1v) is 9.00. The van der Waals surface area contributed by atoms with Crippen molar-refractivity contribution in [2.45, 2.75) is 6.92 Å². The molecule has 1 amide bonds. The van der Waals surface area contributed by atoms with Gasteiger partial charge in [-0.3, -0.25) is 4.79 Å². The van der Waals surface area contributed by atoms with Gasteiger partial charge >= 0.3 is 0 Å². The Balaban J connectivity index is 1.50. The predicted octanol–water partition coefficient (Wildman–Crippen LogP) is 3.63. The molecule has 1 N–H and O–H groups in total. The van der Waals surface area contributed by atoms with Crippen LogP contribution in [0.4, 0.5) is 8.78 Å². The number of carbonyl (C=O) groups is 1. The number of hydrogen-bond donors (Lipinski definition) is 1. The summed E-state index contributed by atoms with van der Waals surface area (Å²) in [6.45, 7) is 2.64. The van der Waals surface area contributed by atoms with Crippen LogP contribution in [0, 0.1) is 11.6 Å². The summed E-state index contributed by atoms with van der Waals surface area (Å²) in [5.41, 5.74) is 0.933. The molecule has 2 aromatic carbocycles. The number of ether oxygens (including phenoxy) is 2. The van der Waals surface area contributed by atoms with E-state index in [0.29, 0.717) is 12.3 Å². The average Bonchev–Trinajstić information content (AvgIpc) is 2.72. The third kappa shape index (κ3) is 5.25. The van der Waals surface area contributed by atoms with Gasteiger partial charge in [0.25, 0.3) is 5.91 Å². The molecule has 3 rings (SSSR count). The molecule has 1 heterocycles. The zero-order valence-corrected chi connectivity index (χ0v) is 15.7. The van der Waals surface area contributed by atoms with E-state index in [4.69, 9.17) is 9.47 Å². The van der Waals surface area contributed by atoms with Crippen LogP contribution in [0.15, 0.2) is 54.6 Å². The summed E-state index contributed by atoms with van der Waals surface area (Å²) in [4.78, 5) is 11.9. The van der Waals surface area contributed by atoms with E-state index in [2.05, 4.69) is 15.5 Å². The first-order chi connectivity index (χ1) is 14.1. The third-order valence-electron chi connectivity index (χ3n) is 3.93. The number of aromatic nitrogens is 2. The van der Waals surface area contributed by atoms with E-state index in [1.165, 1.54) is 6.07 Å². The van der Waals surface area contributed by atoms with Crippen LogP contribution in [0.3, 0.4) is 0 Å². The van der Waals surface area contributed by atoms with Gasteiger partial charge in [0.2, 0.25) is 5.88 Å². The molecule has 0 saturated carbocycles. The third-order valence-corrected chi connectivity index (χ3v) is 3.93. The molecule has 0 saturated heterocycles. The fraction of sp³-hybridized carbons (Fsp3) is 0.190. The van der Waals surface area contributed by atoms with E-state index in [9.17, 15) is 13.6 Å². The molecule has 0 unspecified atom stereocenters. The number of amides is 1. The molecule has 0 fully saturated rings. The summed E-state index contributed by atoms with van der Waals surface area (Å²) in [5.74, 6) is -1.63. The Hall–Kier alpha value is -3.55. The monoisotopic (exact) mass is 399 g/mol. The molecule has 3 aromatic rings. The van der Waals surface area contributed by atoms with Crippen molar-refractivity contribution in [2.75, 3.05) is 19.8 Å². The maximum atomic E-state index is 13.6. The Morgan fingerprint density at radius 2 is 1.69 bits per heavy atom. The van der Waals surface area contributed by atoms with Crippen LogP contribution >= 0.6 is 0 Å². The Morgan fingerprint density at radius 3 is 2.31 bits per heavy atom. The molecule has 29 heavy (non-hydrogen) atoms. The van der Waals surface area contributed by atoms with Gasteiger partial charge in [0.15, 0.2) is 0 Å². The number of nitrogens with zero attached hydrogens (tertiary/aromatic N) is 2. The fourth-order valence-electron chi connectivity index (χ4n) is 2.56. The highest BCUT2D eigenvalue weighted by molar-refractivity contribution is 5.94. The zero-order valence-electron chi connectivity index (χ0n) is 15.7. The largest absolute Gasteiger partial charge is 0.494 e. The molecule has 0 bridgehead atoms. The molecule has 6 nitrogen and oxygen atoms in total. The van der Waals surface area contributed by atoms with Gasteiger partial charge in [-0.05, 0) is 49.4 Å². The van der Waals surface area contributed by atoms with Gasteiger partial charge in [-0.15, -0.1) is 10.2 Å². The van der Waals surface area contributed by atoms with Gasteiger partial charge in [-0.1, -0.05) is 6.07 Å². The first-order valence-electron chi connectivity index (χ1n) is 9.00. The van der Waals surface area contributed by atoms with Gasteiger partial charge in [0, 0.05) is 11.6 Å². The first kappa shape index (κ1) is 20.2. The average molecular weight is 399 g/mol. The zero-order chi connectivity index (χ0) is 20.6. The number of benzene rings is 2. The molecule has 8 heteroatoms. The van der Waals surface area contributed by atoms with E-state index in [1.54, 1.807) is 12.1 Å². The normalized spacial score (nSPS) is 10.4. The minimum Gasteiger partial charge on any atom is -0.494 e. The van der Waals surface area contributed by atoms with Crippen molar-refractivity contribution in [2.24, 2.45) is 0 Å². The van der Waals surface area contributed by atoms with E-state index in [-0.39, 0.29) is 19.0 Å². The summed E-state index contributed by atoms with van der Waals surface area (Å²) in [5, 5.41) is 10.5. The lowest BCUT2D eigenvalue weighted by Crippen LogP contribution is -2.29. The van der Waals surface area contributed by atoms with Crippen LogP contribution in [0.5, 0.6) is 11.6 Å². The standard InChI is InChI=1S/C21H19F2N3O3/c1-2-28-15-8-6-14(7-9-15)18-10-11-19(26-25-18)29-13-12-24-21(27)20-16(22)4-3-5-17(20)23/h3-11H,2,12-13H2,1H3,(H,24,27). The smallest absolute Gasteiger partial charge is 0.257 e. The van der Waals surface area contributed by atoms with E-state index in [1.807, 2.05) is 31.2 Å². The van der Waals surface area contributed by atoms with Gasteiger partial charge in [0.1, 0.15) is 29.6 Å². The Labute approximate surface area is 166 Å². The Bertz CT molecular complexity index is 944. The minimum absolute atomic E-state index is 0.0505. The van der Waals surface area contributed by atoms with Crippen molar-refractivity contribution in [1.29, 1.82) is 0 Å². The number of carbonyl (C=O) groups excluding carboxylic acids is 1. The highest BCUT2D eigenvalue weighted by Gasteiger charge is 2.16. The van der Waals surface area contributed by atoms with Crippen LogP contribution in [0.25, 0.3) is 11.3 Å². The number of hydrogen-bond acceptors (Lipinski definition) is 5. The van der Waals surface area contributed by atoms with Crippen molar-refractivity contribution < 1.29 is 23.0 Å². The van der Waals surface area contributed by atoms with Crippen LogP contribution in [0.2, 0.25) is 0 Å². The number of rotatable bonds is 8. The molecule has 0 aliphatic heterocycles. The van der Waals surface area contributed by atoms with Crippen molar-refractivity contribution in [3.8, 4) is 22.9 Å². The maximum absolute atomic E-state index is 13.6. The van der Waals surface area contributed by atoms with Crippen LogP contribution < -0.4 is 14.8 Å². The van der Waals surface area contributed by atoms with Crippen molar-refractivity contribution >= 4 is 5.91 Å². The highest BCUT2D eigenvalue weighted by Crippen LogP contribution is 2.21. The SMILES string of the molecule is CCOc1ccc(-c2ccc(OCCNC(=O)c3c(F)cccc3F)nn2)cc1. The summed E-state index contributed by atoms with van der Waals surface area (Å²) < 4.78 is 37.9. The van der Waals surface area contributed by atoms with Crippen LogP contribution in [-0.4, -0.2) is 35.9 Å². The lowest BCUT2D eigenvalue weighted by Gasteiger charge is -2.08. The summed E-state index contributed by atoms with van der Waals surface area (Å²) in [6.07, 6.45) is 0. The molecule has 150 valence electrons. The van der Waals surface area contributed by atoms with Gasteiger partial charge in [-0.25, -0.2) is 8.78 Å². The van der Waals surface area contributed by atoms with Crippen LogP contribution in [0.1, 0.15) is 17.3 Å². The van der Waals surface area contributed by atoms with Crippen molar-refractivity contribution in [3.63, 3.8) is 0 Å². The van der Waals surface area contributed by atoms with Gasteiger partial charge in [0.05, 0.1) is 18.8 Å². The van der Waals surface area contributed by atoms with E-state index in [0.717, 1.165) is 23.4 Å². The van der Waals surface area contributed by atoms with Gasteiger partial charge in [-0.2, -0.15) is 0 Å². The highest BCUT2D eigenvalue weighted by atomic mass is 19.1. The second-order valence-corrected chi connectivity index (χ2v) is 5.92. The second-order valence-electron chi connectivity index (χ2n) is 5.92. The molecule has 0 aliphatic rings. The van der Waals surface area contributed by atoms with Crippen LogP contribution in [-0.2, 0) is 0 Å². The number of nitrogens with one attached hydrogen (secondary N) is 1. The Morgan fingerprint density at radius 1 is 0.966 bits per heavy atom. The van der Waals surface area contributed by atoms with E-state index < -0.39 is 23.1 Å². The summed E-state index contributed by atoms with van der Waals surface area (Å²) in [6, 6.07) is 14.1. The molecule has 0 radical (unpaired) electrons. The second kappa shape index (κ2) is 9.59. The molecule has 0 spiro atoms. The maximum Gasteiger partial charge on any atom is 0.257 e.